The van der Waals surface area contributed by atoms with Gasteiger partial charge in [-0.25, -0.2) is 4.39 Å². The third kappa shape index (κ3) is 3.51. The van der Waals surface area contributed by atoms with E-state index in [9.17, 15) is 4.39 Å². The van der Waals surface area contributed by atoms with Gasteiger partial charge in [-0.15, -0.1) is 0 Å². The van der Waals surface area contributed by atoms with Gasteiger partial charge in [-0.1, -0.05) is 32.9 Å². The summed E-state index contributed by atoms with van der Waals surface area (Å²) < 4.78 is 19.4. The molecular weight excluding hydrogens is 253 g/mol. The quantitative estimate of drug-likeness (QED) is 0.820. The van der Waals surface area contributed by atoms with E-state index in [1.54, 1.807) is 6.07 Å². The molecule has 0 bridgehead atoms. The van der Waals surface area contributed by atoms with E-state index >= 15 is 0 Å². The standard InChI is InChI=1S/C17H26FNO/c1-12(2)19-11-17(3,14-8-9-14)10-13-6-5-7-15(20-4)16(13)18/h5-7,12,14,19H,8-11H2,1-4H3. The van der Waals surface area contributed by atoms with Crippen molar-refractivity contribution in [2.24, 2.45) is 11.3 Å². The molecule has 1 aliphatic rings. The van der Waals surface area contributed by atoms with Gasteiger partial charge in [-0.3, -0.25) is 0 Å². The minimum absolute atomic E-state index is 0.122. The fraction of sp³-hybridized carbons (Fsp3) is 0.647. The zero-order valence-corrected chi connectivity index (χ0v) is 13.0. The summed E-state index contributed by atoms with van der Waals surface area (Å²) in [5.74, 6) is 0.850. The molecule has 0 aliphatic heterocycles. The summed E-state index contributed by atoms with van der Waals surface area (Å²) in [4.78, 5) is 0. The Kier molecular flexibility index (Phi) is 4.69. The van der Waals surface area contributed by atoms with Crippen molar-refractivity contribution in [3.05, 3.63) is 29.6 Å². The van der Waals surface area contributed by atoms with Gasteiger partial charge in [-0.05, 0) is 42.2 Å². The van der Waals surface area contributed by atoms with E-state index in [1.165, 1.54) is 20.0 Å². The molecule has 1 aliphatic carbocycles. The molecular formula is C17H26FNO. The third-order valence-corrected chi connectivity index (χ3v) is 4.33. The van der Waals surface area contributed by atoms with Crippen molar-refractivity contribution in [1.82, 2.24) is 5.32 Å². The molecule has 1 unspecified atom stereocenters. The zero-order valence-electron chi connectivity index (χ0n) is 13.0. The highest BCUT2D eigenvalue weighted by Gasteiger charge is 2.41. The molecule has 0 saturated heterocycles. The number of hydrogen-bond acceptors (Lipinski definition) is 2. The van der Waals surface area contributed by atoms with Crippen molar-refractivity contribution in [2.45, 2.75) is 46.1 Å². The second-order valence-electron chi connectivity index (χ2n) is 6.57. The highest BCUT2D eigenvalue weighted by molar-refractivity contribution is 5.32. The van der Waals surface area contributed by atoms with E-state index in [0.29, 0.717) is 17.7 Å². The normalized spacial score (nSPS) is 18.1. The summed E-state index contributed by atoms with van der Waals surface area (Å²) in [6, 6.07) is 5.90. The monoisotopic (exact) mass is 279 g/mol. The van der Waals surface area contributed by atoms with Gasteiger partial charge in [0.25, 0.3) is 0 Å². The zero-order chi connectivity index (χ0) is 14.8. The first-order valence-corrected chi connectivity index (χ1v) is 7.51. The van der Waals surface area contributed by atoms with E-state index in [0.717, 1.165) is 18.5 Å². The van der Waals surface area contributed by atoms with Crippen LogP contribution in [0.1, 0.15) is 39.2 Å². The Hall–Kier alpha value is -1.09. The predicted molar refractivity (Wildman–Crippen MR) is 80.6 cm³/mol. The van der Waals surface area contributed by atoms with Gasteiger partial charge in [0, 0.05) is 12.6 Å². The van der Waals surface area contributed by atoms with Gasteiger partial charge in [0.05, 0.1) is 7.11 Å². The number of rotatable bonds is 7. The highest BCUT2D eigenvalue weighted by Crippen LogP contribution is 2.47. The molecule has 3 heteroatoms. The number of nitrogens with one attached hydrogen (secondary N) is 1. The Bertz CT molecular complexity index is 456. The van der Waals surface area contributed by atoms with Crippen LogP contribution in [-0.2, 0) is 6.42 Å². The summed E-state index contributed by atoms with van der Waals surface area (Å²) in [6.07, 6.45) is 3.30. The Balaban J connectivity index is 2.15. The average molecular weight is 279 g/mol. The molecule has 1 saturated carbocycles. The molecule has 1 fully saturated rings. The number of halogens is 1. The first kappa shape index (κ1) is 15.3. The number of hydrogen-bond donors (Lipinski definition) is 1. The Morgan fingerprint density at radius 2 is 2.10 bits per heavy atom. The van der Waals surface area contributed by atoms with E-state index in [-0.39, 0.29) is 11.2 Å². The maximum Gasteiger partial charge on any atom is 0.168 e. The number of methoxy groups -OCH3 is 1. The molecule has 1 aromatic carbocycles. The van der Waals surface area contributed by atoms with Crippen LogP contribution in [-0.4, -0.2) is 19.7 Å². The van der Waals surface area contributed by atoms with E-state index < -0.39 is 0 Å². The molecule has 2 nitrogen and oxygen atoms in total. The van der Waals surface area contributed by atoms with Crippen LogP contribution in [0.3, 0.4) is 0 Å². The molecule has 1 N–H and O–H groups in total. The minimum Gasteiger partial charge on any atom is -0.494 e. The molecule has 20 heavy (non-hydrogen) atoms. The molecule has 2 rings (SSSR count). The van der Waals surface area contributed by atoms with Crippen LogP contribution in [0.5, 0.6) is 5.75 Å². The second kappa shape index (κ2) is 6.13. The number of ether oxygens (including phenoxy) is 1. The van der Waals surface area contributed by atoms with Crippen molar-refractivity contribution >= 4 is 0 Å². The van der Waals surface area contributed by atoms with Crippen LogP contribution in [0, 0.1) is 17.2 Å². The fourth-order valence-electron chi connectivity index (χ4n) is 2.85. The molecule has 1 atom stereocenters. The molecule has 1 aromatic rings. The lowest BCUT2D eigenvalue weighted by Crippen LogP contribution is -2.38. The van der Waals surface area contributed by atoms with Crippen molar-refractivity contribution in [2.75, 3.05) is 13.7 Å². The first-order chi connectivity index (χ1) is 9.46. The Morgan fingerprint density at radius 3 is 2.65 bits per heavy atom. The summed E-state index contributed by atoms with van der Waals surface area (Å²) in [5, 5.41) is 3.52. The molecule has 112 valence electrons. The van der Waals surface area contributed by atoms with Crippen LogP contribution >= 0.6 is 0 Å². The van der Waals surface area contributed by atoms with Gasteiger partial charge in [-0.2, -0.15) is 0 Å². The van der Waals surface area contributed by atoms with Crippen molar-refractivity contribution in [1.29, 1.82) is 0 Å². The van der Waals surface area contributed by atoms with Gasteiger partial charge in [0.2, 0.25) is 0 Å². The lowest BCUT2D eigenvalue weighted by atomic mass is 9.78. The largest absolute Gasteiger partial charge is 0.494 e. The van der Waals surface area contributed by atoms with E-state index in [1.807, 2.05) is 12.1 Å². The van der Waals surface area contributed by atoms with Gasteiger partial charge in [0.1, 0.15) is 0 Å². The SMILES string of the molecule is COc1cccc(CC(C)(CNC(C)C)C2CC2)c1F. The Labute approximate surface area is 121 Å². The second-order valence-corrected chi connectivity index (χ2v) is 6.57. The lowest BCUT2D eigenvalue weighted by Gasteiger charge is -2.31. The Morgan fingerprint density at radius 1 is 1.40 bits per heavy atom. The number of benzene rings is 1. The third-order valence-electron chi connectivity index (χ3n) is 4.33. The molecule has 0 amide bonds. The average Bonchev–Trinajstić information content (AvgIpc) is 3.24. The molecule has 0 radical (unpaired) electrons. The van der Waals surface area contributed by atoms with Gasteiger partial charge >= 0.3 is 0 Å². The predicted octanol–water partition coefficient (Wildman–Crippen LogP) is 3.79. The summed E-state index contributed by atoms with van der Waals surface area (Å²) >= 11 is 0. The summed E-state index contributed by atoms with van der Waals surface area (Å²) in [5.41, 5.74) is 0.890. The van der Waals surface area contributed by atoms with E-state index in [4.69, 9.17) is 4.74 Å². The van der Waals surface area contributed by atoms with Crippen LogP contribution in [0.25, 0.3) is 0 Å². The van der Waals surface area contributed by atoms with Crippen molar-refractivity contribution in [3.8, 4) is 5.75 Å². The minimum atomic E-state index is -0.202. The van der Waals surface area contributed by atoms with Crippen LogP contribution in [0.15, 0.2) is 18.2 Å². The molecule has 0 spiro atoms. The summed E-state index contributed by atoms with van der Waals surface area (Å²) in [6.45, 7) is 7.52. The fourth-order valence-corrected chi connectivity index (χ4v) is 2.85. The van der Waals surface area contributed by atoms with Crippen LogP contribution < -0.4 is 10.1 Å². The maximum atomic E-state index is 14.3. The van der Waals surface area contributed by atoms with Crippen LogP contribution in [0.4, 0.5) is 4.39 Å². The summed E-state index contributed by atoms with van der Waals surface area (Å²) in [7, 11) is 1.52. The first-order valence-electron chi connectivity index (χ1n) is 7.51. The molecule has 0 aromatic heterocycles. The van der Waals surface area contributed by atoms with Gasteiger partial charge < -0.3 is 10.1 Å². The van der Waals surface area contributed by atoms with Crippen LogP contribution in [0.2, 0.25) is 0 Å². The molecule has 0 heterocycles. The topological polar surface area (TPSA) is 21.3 Å². The van der Waals surface area contributed by atoms with Crippen molar-refractivity contribution in [3.63, 3.8) is 0 Å². The van der Waals surface area contributed by atoms with Crippen molar-refractivity contribution < 1.29 is 9.13 Å². The highest BCUT2D eigenvalue weighted by atomic mass is 19.1. The lowest BCUT2D eigenvalue weighted by molar-refractivity contribution is 0.244. The van der Waals surface area contributed by atoms with Gasteiger partial charge in [0.15, 0.2) is 11.6 Å². The smallest absolute Gasteiger partial charge is 0.168 e. The maximum absolute atomic E-state index is 14.3. The van der Waals surface area contributed by atoms with E-state index in [2.05, 4.69) is 26.1 Å².